The van der Waals surface area contributed by atoms with Crippen molar-refractivity contribution in [3.63, 3.8) is 0 Å². The molecule has 2 amide bonds. The largest absolute Gasteiger partial charge is 0.433 e. The Morgan fingerprint density at radius 2 is 1.88 bits per heavy atom. The summed E-state index contributed by atoms with van der Waals surface area (Å²) in [6.45, 7) is 1.64. The van der Waals surface area contributed by atoms with Gasteiger partial charge in [0, 0.05) is 41.4 Å². The number of amides is 2. The summed E-state index contributed by atoms with van der Waals surface area (Å²) in [7, 11) is 1.60. The maximum Gasteiger partial charge on any atom is 0.433 e. The molecule has 1 saturated carbocycles. The molecule has 41 heavy (non-hydrogen) atoms. The molecule has 1 aliphatic rings. The third kappa shape index (κ3) is 4.57. The number of primary amides is 1. The van der Waals surface area contributed by atoms with E-state index in [4.69, 9.17) is 5.73 Å². The van der Waals surface area contributed by atoms with Crippen LogP contribution in [0.15, 0.2) is 24.4 Å². The topological polar surface area (TPSA) is 133 Å². The Morgan fingerprint density at radius 3 is 2.46 bits per heavy atom. The minimum absolute atomic E-state index is 0.0118. The fourth-order valence-electron chi connectivity index (χ4n) is 4.56. The van der Waals surface area contributed by atoms with Crippen LogP contribution in [0.25, 0.3) is 27.0 Å². The fourth-order valence-corrected chi connectivity index (χ4v) is 5.57. The van der Waals surface area contributed by atoms with Gasteiger partial charge in [0.15, 0.2) is 11.3 Å². The van der Waals surface area contributed by atoms with Gasteiger partial charge < -0.3 is 11.1 Å². The highest BCUT2D eigenvalue weighted by molar-refractivity contribution is 7.21. The second-order valence-corrected chi connectivity index (χ2v) is 10.6. The second kappa shape index (κ2) is 9.29. The molecule has 1 aliphatic carbocycles. The normalized spacial score (nSPS) is 14.0. The number of carbonyl (C=O) groups is 2. The molecule has 0 aromatic carbocycles. The van der Waals surface area contributed by atoms with E-state index < -0.39 is 35.8 Å². The lowest BCUT2D eigenvalue weighted by atomic mass is 10.0. The van der Waals surface area contributed by atoms with E-state index in [1.54, 1.807) is 14.0 Å². The molecule has 5 heterocycles. The highest BCUT2D eigenvalue weighted by Crippen LogP contribution is 2.44. The minimum Gasteiger partial charge on any atom is -0.365 e. The van der Waals surface area contributed by atoms with Crippen molar-refractivity contribution in [1.82, 2.24) is 29.4 Å². The number of nitrogens with one attached hydrogen (secondary N) is 1. The van der Waals surface area contributed by atoms with Crippen molar-refractivity contribution in [2.24, 2.45) is 12.8 Å². The zero-order chi connectivity index (χ0) is 29.4. The predicted molar refractivity (Wildman–Crippen MR) is 138 cm³/mol. The van der Waals surface area contributed by atoms with Crippen LogP contribution in [0.4, 0.5) is 27.6 Å². The van der Waals surface area contributed by atoms with Crippen LogP contribution in [0, 0.1) is 6.92 Å². The number of alkyl halides is 5. The molecule has 0 spiro atoms. The summed E-state index contributed by atoms with van der Waals surface area (Å²) in [6, 6.07) is 3.29. The van der Waals surface area contributed by atoms with Crippen molar-refractivity contribution in [1.29, 1.82) is 0 Å². The van der Waals surface area contributed by atoms with E-state index in [0.717, 1.165) is 23.4 Å². The number of nitrogens with zero attached hydrogens (tertiary/aromatic N) is 6. The van der Waals surface area contributed by atoms with Crippen LogP contribution < -0.4 is 11.1 Å². The number of hydrogen-bond donors (Lipinski definition) is 2. The van der Waals surface area contributed by atoms with Gasteiger partial charge in [0.05, 0.1) is 11.9 Å². The lowest BCUT2D eigenvalue weighted by Gasteiger charge is -2.12. The molecule has 0 unspecified atom stereocenters. The summed E-state index contributed by atoms with van der Waals surface area (Å²) < 4.78 is 71.3. The average Bonchev–Trinajstić information content (AvgIpc) is 3.43. The molecule has 3 N–H and O–H groups in total. The van der Waals surface area contributed by atoms with Gasteiger partial charge in [-0.05, 0) is 37.5 Å². The number of thiophene rings is 1. The number of halogens is 5. The molecule has 0 radical (unpaired) electrons. The Bertz CT molecular complexity index is 1890. The first-order valence-electron chi connectivity index (χ1n) is 12.2. The van der Waals surface area contributed by atoms with Crippen LogP contribution in [0.3, 0.4) is 0 Å². The molecule has 1 fully saturated rings. The van der Waals surface area contributed by atoms with Crippen LogP contribution in [-0.4, -0.2) is 41.2 Å². The maximum atomic E-state index is 13.8. The van der Waals surface area contributed by atoms with E-state index in [9.17, 15) is 31.5 Å². The van der Waals surface area contributed by atoms with Gasteiger partial charge in [-0.3, -0.25) is 14.3 Å². The van der Waals surface area contributed by atoms with Crippen molar-refractivity contribution in [3.8, 4) is 11.1 Å². The van der Waals surface area contributed by atoms with E-state index >= 15 is 0 Å². The van der Waals surface area contributed by atoms with E-state index in [1.807, 2.05) is 0 Å². The Hall–Kier alpha value is -4.47. The van der Waals surface area contributed by atoms with E-state index in [2.05, 4.69) is 25.5 Å². The van der Waals surface area contributed by atoms with Crippen molar-refractivity contribution in [2.75, 3.05) is 5.32 Å². The van der Waals surface area contributed by atoms with Gasteiger partial charge in [-0.25, -0.2) is 23.3 Å². The lowest BCUT2D eigenvalue weighted by molar-refractivity contribution is -0.140. The summed E-state index contributed by atoms with van der Waals surface area (Å²) in [6.07, 6.45) is -4.72. The third-order valence-electron chi connectivity index (χ3n) is 6.87. The van der Waals surface area contributed by atoms with E-state index in [-0.39, 0.29) is 43.6 Å². The number of aryl methyl sites for hydroxylation is 1. The standard InChI is InChI=1S/C25H19F5N8O2S/c1-9-12(8-32-37(9)2)11-5-16(25(28,29)30)34-24-18(11)19(20(41-24)22(31)39)35-23(40)14-7-17-33-13(10-3-4-10)6-15(21(26)27)38(17)36-14/h5-8,10,21H,3-4H2,1-2H3,(H2,31,39)(H,35,40). The molecular formula is C25H19F5N8O2S. The van der Waals surface area contributed by atoms with Gasteiger partial charge in [0.1, 0.15) is 21.1 Å². The van der Waals surface area contributed by atoms with Gasteiger partial charge in [0.25, 0.3) is 18.2 Å². The van der Waals surface area contributed by atoms with Crippen LogP contribution in [0.2, 0.25) is 0 Å². The molecule has 0 atom stereocenters. The summed E-state index contributed by atoms with van der Waals surface area (Å²) in [4.78, 5) is 33.4. The molecule has 10 nitrogen and oxygen atoms in total. The Labute approximate surface area is 231 Å². The van der Waals surface area contributed by atoms with Gasteiger partial charge in [-0.1, -0.05) is 0 Å². The van der Waals surface area contributed by atoms with Crippen molar-refractivity contribution in [2.45, 2.75) is 38.3 Å². The average molecular weight is 591 g/mol. The molecule has 5 aromatic rings. The zero-order valence-electron chi connectivity index (χ0n) is 21.3. The maximum absolute atomic E-state index is 13.8. The molecule has 0 aliphatic heterocycles. The summed E-state index contributed by atoms with van der Waals surface area (Å²) in [5.41, 5.74) is 4.74. The number of rotatable bonds is 6. The van der Waals surface area contributed by atoms with E-state index in [1.165, 1.54) is 23.0 Å². The number of pyridine rings is 1. The van der Waals surface area contributed by atoms with Gasteiger partial charge >= 0.3 is 6.18 Å². The zero-order valence-corrected chi connectivity index (χ0v) is 22.1. The Balaban J connectivity index is 1.51. The summed E-state index contributed by atoms with van der Waals surface area (Å²) >= 11 is 0.580. The number of fused-ring (bicyclic) bond motifs is 2. The molecule has 0 saturated heterocycles. The van der Waals surface area contributed by atoms with Crippen molar-refractivity contribution >= 4 is 44.7 Å². The smallest absolute Gasteiger partial charge is 0.365 e. The van der Waals surface area contributed by atoms with Crippen molar-refractivity contribution in [3.05, 3.63) is 57.7 Å². The first-order chi connectivity index (χ1) is 19.3. The molecule has 6 rings (SSSR count). The fraction of sp³-hybridized carbons (Fsp3) is 0.280. The van der Waals surface area contributed by atoms with Gasteiger partial charge in [0.2, 0.25) is 0 Å². The molecule has 5 aromatic heterocycles. The molecule has 212 valence electrons. The first kappa shape index (κ1) is 26.7. The van der Waals surface area contributed by atoms with Crippen LogP contribution in [0.5, 0.6) is 0 Å². The Morgan fingerprint density at radius 1 is 1.15 bits per heavy atom. The highest BCUT2D eigenvalue weighted by Gasteiger charge is 2.36. The summed E-state index contributed by atoms with van der Waals surface area (Å²) in [5.74, 6) is -1.88. The van der Waals surface area contributed by atoms with Crippen LogP contribution in [0.1, 0.15) is 68.1 Å². The molecule has 0 bridgehead atoms. The number of anilines is 1. The van der Waals surface area contributed by atoms with Crippen molar-refractivity contribution < 1.29 is 31.5 Å². The number of nitrogens with two attached hydrogens (primary N) is 1. The summed E-state index contributed by atoms with van der Waals surface area (Å²) in [5, 5.41) is 10.7. The monoisotopic (exact) mass is 590 g/mol. The van der Waals surface area contributed by atoms with Crippen LogP contribution >= 0.6 is 11.3 Å². The number of carbonyl (C=O) groups excluding carboxylic acids is 2. The molecular weight excluding hydrogens is 571 g/mol. The van der Waals surface area contributed by atoms with Crippen LogP contribution in [-0.2, 0) is 13.2 Å². The highest BCUT2D eigenvalue weighted by atomic mass is 32.1. The molecule has 16 heteroatoms. The van der Waals surface area contributed by atoms with E-state index in [0.29, 0.717) is 28.3 Å². The first-order valence-corrected chi connectivity index (χ1v) is 13.0. The third-order valence-corrected chi connectivity index (χ3v) is 7.96. The predicted octanol–water partition coefficient (Wildman–Crippen LogP) is 5.23. The quantitative estimate of drug-likeness (QED) is 0.260. The lowest BCUT2D eigenvalue weighted by Crippen LogP contribution is -2.17. The van der Waals surface area contributed by atoms with Gasteiger partial charge in [-0.2, -0.15) is 23.4 Å². The minimum atomic E-state index is -4.81. The van der Waals surface area contributed by atoms with Gasteiger partial charge in [-0.15, -0.1) is 11.3 Å². The number of aromatic nitrogens is 6. The second-order valence-electron chi connectivity index (χ2n) is 9.61. The SMILES string of the molecule is Cc1c(-c2cc(C(F)(F)F)nc3sc(C(N)=O)c(NC(=O)c4cc5nc(C6CC6)cc(C(F)F)n5n4)c23)cnn1C. The Kier molecular flexibility index (Phi) is 6.06. The number of hydrogen-bond acceptors (Lipinski definition) is 7.